The molecule has 1 heterocycles. The summed E-state index contributed by atoms with van der Waals surface area (Å²) in [5, 5.41) is 0.291. The highest BCUT2D eigenvalue weighted by Crippen LogP contribution is 2.30. The number of halogens is 2. The van der Waals surface area contributed by atoms with Crippen molar-refractivity contribution in [2.45, 2.75) is 30.7 Å². The molecule has 1 aliphatic rings. The van der Waals surface area contributed by atoms with Crippen molar-refractivity contribution in [3.05, 3.63) is 23.2 Å². The Morgan fingerprint density at radius 3 is 2.68 bits per heavy atom. The molecule has 8 heteroatoms. The van der Waals surface area contributed by atoms with E-state index in [2.05, 4.69) is 0 Å². The summed E-state index contributed by atoms with van der Waals surface area (Å²) in [4.78, 5) is 0.193. The highest BCUT2D eigenvalue weighted by Gasteiger charge is 2.31. The SMILES string of the molecule is COc1ccc(S(=O)(=O)N2CCCC(C(C)N)C2)cc1Cl.Cl. The first-order chi connectivity index (χ1) is 9.86. The zero-order valence-electron chi connectivity index (χ0n) is 12.7. The number of nitrogens with two attached hydrogens (primary N) is 1. The molecule has 0 spiro atoms. The van der Waals surface area contributed by atoms with E-state index >= 15 is 0 Å². The quantitative estimate of drug-likeness (QED) is 0.885. The van der Waals surface area contributed by atoms with Gasteiger partial charge < -0.3 is 10.5 Å². The Kier molecular flexibility index (Phi) is 6.95. The Morgan fingerprint density at radius 1 is 1.45 bits per heavy atom. The molecule has 1 aliphatic heterocycles. The Labute approximate surface area is 143 Å². The predicted molar refractivity (Wildman–Crippen MR) is 90.4 cm³/mol. The van der Waals surface area contributed by atoms with E-state index in [1.807, 2.05) is 6.92 Å². The Balaban J connectivity index is 0.00000242. The molecule has 0 saturated carbocycles. The molecule has 2 unspecified atom stereocenters. The highest BCUT2D eigenvalue weighted by molar-refractivity contribution is 7.89. The summed E-state index contributed by atoms with van der Waals surface area (Å²) in [6.45, 7) is 2.91. The molecule has 5 nitrogen and oxygen atoms in total. The zero-order valence-corrected chi connectivity index (χ0v) is 15.0. The number of piperidine rings is 1. The van der Waals surface area contributed by atoms with Crippen LogP contribution in [-0.2, 0) is 10.0 Å². The third kappa shape index (κ3) is 4.06. The van der Waals surface area contributed by atoms with Crippen LogP contribution >= 0.6 is 24.0 Å². The average molecular weight is 369 g/mol. The van der Waals surface area contributed by atoms with Crippen LogP contribution in [0.5, 0.6) is 5.75 Å². The standard InChI is InChI=1S/C14H21ClN2O3S.ClH/c1-10(16)11-4-3-7-17(9-11)21(18,19)12-5-6-14(20-2)13(15)8-12;/h5-6,8,10-11H,3-4,7,9,16H2,1-2H3;1H. The van der Waals surface area contributed by atoms with Gasteiger partial charge in [0.05, 0.1) is 17.0 Å². The Morgan fingerprint density at radius 2 is 2.14 bits per heavy atom. The van der Waals surface area contributed by atoms with Gasteiger partial charge in [-0.15, -0.1) is 12.4 Å². The molecule has 126 valence electrons. The zero-order chi connectivity index (χ0) is 15.6. The lowest BCUT2D eigenvalue weighted by Crippen LogP contribution is -2.44. The lowest BCUT2D eigenvalue weighted by atomic mass is 9.93. The number of hydrogen-bond acceptors (Lipinski definition) is 4. The van der Waals surface area contributed by atoms with E-state index in [1.54, 1.807) is 6.07 Å². The van der Waals surface area contributed by atoms with E-state index in [4.69, 9.17) is 22.1 Å². The molecule has 2 N–H and O–H groups in total. The number of benzene rings is 1. The minimum absolute atomic E-state index is 0. The largest absolute Gasteiger partial charge is 0.495 e. The third-order valence-corrected chi connectivity index (χ3v) is 6.08. The number of hydrogen-bond donors (Lipinski definition) is 1. The molecule has 0 aliphatic carbocycles. The first-order valence-corrected chi connectivity index (χ1v) is 8.77. The van der Waals surface area contributed by atoms with Crippen molar-refractivity contribution in [1.29, 1.82) is 0 Å². The van der Waals surface area contributed by atoms with Crippen molar-refractivity contribution in [3.63, 3.8) is 0 Å². The third-order valence-electron chi connectivity index (χ3n) is 3.93. The topological polar surface area (TPSA) is 72.6 Å². The van der Waals surface area contributed by atoms with Crippen LogP contribution in [-0.4, -0.2) is 39.0 Å². The second-order valence-corrected chi connectivity index (χ2v) is 7.77. The molecule has 0 bridgehead atoms. The summed E-state index contributed by atoms with van der Waals surface area (Å²) in [6, 6.07) is 4.52. The molecule has 1 fully saturated rings. The molecular formula is C14H22Cl2N2O3S. The van der Waals surface area contributed by atoms with Crippen molar-refractivity contribution in [2.75, 3.05) is 20.2 Å². The molecule has 1 saturated heterocycles. The van der Waals surface area contributed by atoms with Crippen molar-refractivity contribution in [2.24, 2.45) is 11.7 Å². The highest BCUT2D eigenvalue weighted by atomic mass is 35.5. The van der Waals surface area contributed by atoms with Gasteiger partial charge in [-0.1, -0.05) is 11.6 Å². The van der Waals surface area contributed by atoms with Crippen LogP contribution in [0, 0.1) is 5.92 Å². The molecule has 0 amide bonds. The van der Waals surface area contributed by atoms with Gasteiger partial charge in [-0.05, 0) is 43.9 Å². The molecular weight excluding hydrogens is 347 g/mol. The number of methoxy groups -OCH3 is 1. The number of rotatable bonds is 4. The van der Waals surface area contributed by atoms with E-state index < -0.39 is 10.0 Å². The van der Waals surface area contributed by atoms with Crippen LogP contribution in [0.1, 0.15) is 19.8 Å². The van der Waals surface area contributed by atoms with E-state index in [0.29, 0.717) is 23.9 Å². The summed E-state index contributed by atoms with van der Waals surface area (Å²) in [7, 11) is -2.04. The summed E-state index contributed by atoms with van der Waals surface area (Å²) in [6.07, 6.45) is 1.79. The van der Waals surface area contributed by atoms with Crippen LogP contribution in [0.4, 0.5) is 0 Å². The second kappa shape index (κ2) is 7.84. The predicted octanol–water partition coefficient (Wildman–Crippen LogP) is 2.52. The molecule has 22 heavy (non-hydrogen) atoms. The first-order valence-electron chi connectivity index (χ1n) is 6.95. The number of sulfonamides is 1. The number of nitrogens with zero attached hydrogens (tertiary/aromatic N) is 1. The van der Waals surface area contributed by atoms with Crippen LogP contribution in [0.3, 0.4) is 0 Å². The van der Waals surface area contributed by atoms with Crippen LogP contribution in [0.15, 0.2) is 23.1 Å². The summed E-state index contributed by atoms with van der Waals surface area (Å²) >= 11 is 6.03. The van der Waals surface area contributed by atoms with E-state index in [0.717, 1.165) is 12.8 Å². The van der Waals surface area contributed by atoms with Gasteiger partial charge in [0, 0.05) is 19.1 Å². The minimum Gasteiger partial charge on any atom is -0.495 e. The summed E-state index contributed by atoms with van der Waals surface area (Å²) < 4.78 is 31.9. The Hall–Kier alpha value is -0.530. The molecule has 1 aromatic rings. The average Bonchev–Trinajstić information content (AvgIpc) is 2.47. The lowest BCUT2D eigenvalue weighted by molar-refractivity contribution is 0.243. The van der Waals surface area contributed by atoms with Gasteiger partial charge in [-0.3, -0.25) is 0 Å². The van der Waals surface area contributed by atoms with Gasteiger partial charge in [0.1, 0.15) is 5.75 Å². The molecule has 2 atom stereocenters. The fourth-order valence-corrected chi connectivity index (χ4v) is 4.46. The van der Waals surface area contributed by atoms with E-state index in [9.17, 15) is 8.42 Å². The van der Waals surface area contributed by atoms with Gasteiger partial charge in [0.2, 0.25) is 10.0 Å². The first kappa shape index (κ1) is 19.5. The summed E-state index contributed by atoms with van der Waals surface area (Å²) in [5.41, 5.74) is 5.91. The maximum atomic E-state index is 12.7. The lowest BCUT2D eigenvalue weighted by Gasteiger charge is -2.33. The van der Waals surface area contributed by atoms with Crippen molar-refractivity contribution < 1.29 is 13.2 Å². The maximum Gasteiger partial charge on any atom is 0.243 e. The smallest absolute Gasteiger partial charge is 0.243 e. The van der Waals surface area contributed by atoms with Crippen molar-refractivity contribution in [3.8, 4) is 5.75 Å². The second-order valence-electron chi connectivity index (χ2n) is 5.42. The fraction of sp³-hybridized carbons (Fsp3) is 0.571. The molecule has 0 aromatic heterocycles. The Bertz CT molecular complexity index is 608. The van der Waals surface area contributed by atoms with Gasteiger partial charge in [0.25, 0.3) is 0 Å². The van der Waals surface area contributed by atoms with E-state index in [-0.39, 0.29) is 29.3 Å². The molecule has 2 rings (SSSR count). The maximum absolute atomic E-state index is 12.7. The van der Waals surface area contributed by atoms with Crippen molar-refractivity contribution >= 4 is 34.0 Å². The van der Waals surface area contributed by atoms with Gasteiger partial charge in [0.15, 0.2) is 0 Å². The van der Waals surface area contributed by atoms with Crippen LogP contribution in [0.2, 0.25) is 5.02 Å². The fourth-order valence-electron chi connectivity index (χ4n) is 2.58. The van der Waals surface area contributed by atoms with Gasteiger partial charge >= 0.3 is 0 Å². The molecule has 1 aromatic carbocycles. The normalized spacial score (nSPS) is 21.0. The summed E-state index contributed by atoms with van der Waals surface area (Å²) in [5.74, 6) is 0.657. The monoisotopic (exact) mass is 368 g/mol. The van der Waals surface area contributed by atoms with Crippen molar-refractivity contribution in [1.82, 2.24) is 4.31 Å². The van der Waals surface area contributed by atoms with Gasteiger partial charge in [-0.25, -0.2) is 8.42 Å². The molecule has 0 radical (unpaired) electrons. The van der Waals surface area contributed by atoms with Crippen LogP contribution < -0.4 is 10.5 Å². The van der Waals surface area contributed by atoms with Gasteiger partial charge in [-0.2, -0.15) is 4.31 Å². The minimum atomic E-state index is -3.54. The van der Waals surface area contributed by atoms with Crippen LogP contribution in [0.25, 0.3) is 0 Å². The number of ether oxygens (including phenoxy) is 1. The van der Waals surface area contributed by atoms with E-state index in [1.165, 1.54) is 23.5 Å².